The van der Waals surface area contributed by atoms with Crippen LogP contribution in [0.4, 0.5) is 0 Å². The van der Waals surface area contributed by atoms with Gasteiger partial charge in [0.1, 0.15) is 4.99 Å². The van der Waals surface area contributed by atoms with E-state index < -0.39 is 10.2 Å². The van der Waals surface area contributed by atoms with Crippen molar-refractivity contribution in [3.8, 4) is 0 Å². The number of hydrogen-bond acceptors (Lipinski definition) is 3. The minimum atomic E-state index is -3.41. The van der Waals surface area contributed by atoms with Gasteiger partial charge in [0.2, 0.25) is 0 Å². The maximum atomic E-state index is 12.0. The van der Waals surface area contributed by atoms with Crippen LogP contribution in [0.2, 0.25) is 0 Å². The Morgan fingerprint density at radius 3 is 2.79 bits per heavy atom. The van der Waals surface area contributed by atoms with Crippen molar-refractivity contribution in [2.45, 2.75) is 25.4 Å². The number of nitrogens with one attached hydrogen (secondary N) is 1. The van der Waals surface area contributed by atoms with Crippen LogP contribution in [0.5, 0.6) is 0 Å². The van der Waals surface area contributed by atoms with Gasteiger partial charge in [0.15, 0.2) is 0 Å². The molecule has 0 atom stereocenters. The first kappa shape index (κ1) is 14.4. The maximum absolute atomic E-state index is 12.0. The lowest BCUT2D eigenvalue weighted by Crippen LogP contribution is -2.38. The summed E-state index contributed by atoms with van der Waals surface area (Å²) < 4.78 is 27.9. The first-order chi connectivity index (χ1) is 8.88. The van der Waals surface area contributed by atoms with Crippen LogP contribution >= 0.6 is 12.2 Å². The number of benzene rings is 1. The van der Waals surface area contributed by atoms with Crippen molar-refractivity contribution >= 4 is 27.4 Å². The van der Waals surface area contributed by atoms with Gasteiger partial charge in [0, 0.05) is 25.2 Å². The van der Waals surface area contributed by atoms with Gasteiger partial charge in [-0.15, -0.1) is 0 Å². The lowest BCUT2D eigenvalue weighted by atomic mass is 10.1. The first-order valence-corrected chi connectivity index (χ1v) is 7.85. The highest BCUT2D eigenvalue weighted by Crippen LogP contribution is 2.20. The Balaban J connectivity index is 2.07. The zero-order chi connectivity index (χ0) is 14.0. The Labute approximate surface area is 119 Å². The highest BCUT2D eigenvalue weighted by molar-refractivity contribution is 7.87. The average Bonchev–Trinajstić information content (AvgIpc) is 3.12. The van der Waals surface area contributed by atoms with Gasteiger partial charge in [-0.25, -0.2) is 0 Å². The second-order valence-corrected chi connectivity index (χ2v) is 6.97. The van der Waals surface area contributed by atoms with Gasteiger partial charge in [-0.1, -0.05) is 30.4 Å². The van der Waals surface area contributed by atoms with Crippen LogP contribution in [0.1, 0.15) is 24.0 Å². The van der Waals surface area contributed by atoms with E-state index in [0.717, 1.165) is 24.0 Å². The molecule has 0 aromatic heterocycles. The fourth-order valence-corrected chi connectivity index (χ4v) is 2.95. The summed E-state index contributed by atoms with van der Waals surface area (Å²) in [7, 11) is -1.86. The number of nitrogens with zero attached hydrogens (tertiary/aromatic N) is 1. The van der Waals surface area contributed by atoms with E-state index in [4.69, 9.17) is 18.0 Å². The molecule has 2 rings (SSSR count). The minimum Gasteiger partial charge on any atom is -0.389 e. The highest BCUT2D eigenvalue weighted by Gasteiger charge is 2.29. The van der Waals surface area contributed by atoms with Gasteiger partial charge in [-0.3, -0.25) is 0 Å². The standard InChI is InChI=1S/C12H17N3O2S2/c1-15(19(16,17)14-11-5-6-11)8-9-3-2-4-10(7-9)12(13)18/h2-4,7,11,14H,5-6,8H2,1H3,(H2,13,18). The molecule has 0 spiro atoms. The predicted molar refractivity (Wildman–Crippen MR) is 78.9 cm³/mol. The molecule has 3 N–H and O–H groups in total. The van der Waals surface area contributed by atoms with Crippen molar-refractivity contribution in [3.05, 3.63) is 35.4 Å². The molecular weight excluding hydrogens is 282 g/mol. The summed E-state index contributed by atoms with van der Waals surface area (Å²) in [5.74, 6) is 0. The number of thiocarbonyl (C=S) groups is 1. The molecule has 1 saturated carbocycles. The molecule has 1 aromatic rings. The number of rotatable bonds is 6. The molecule has 0 aliphatic heterocycles. The van der Waals surface area contributed by atoms with Gasteiger partial charge in [0.25, 0.3) is 10.2 Å². The Hall–Kier alpha value is -1.02. The van der Waals surface area contributed by atoms with Crippen molar-refractivity contribution in [1.82, 2.24) is 9.03 Å². The molecule has 0 radical (unpaired) electrons. The molecule has 5 nitrogen and oxygen atoms in total. The summed E-state index contributed by atoms with van der Waals surface area (Å²) in [5.41, 5.74) is 7.16. The Kier molecular flexibility index (Phi) is 4.19. The zero-order valence-electron chi connectivity index (χ0n) is 10.7. The third kappa shape index (κ3) is 3.97. The molecule has 104 valence electrons. The summed E-state index contributed by atoms with van der Waals surface area (Å²) in [4.78, 5) is 0.309. The summed E-state index contributed by atoms with van der Waals surface area (Å²) in [6, 6.07) is 7.40. The van der Waals surface area contributed by atoms with Crippen LogP contribution in [0.15, 0.2) is 24.3 Å². The predicted octanol–water partition coefficient (Wildman–Crippen LogP) is 0.749. The van der Waals surface area contributed by atoms with Gasteiger partial charge in [0.05, 0.1) is 0 Å². The third-order valence-electron chi connectivity index (χ3n) is 2.92. The largest absolute Gasteiger partial charge is 0.389 e. The number of nitrogens with two attached hydrogens (primary N) is 1. The van der Waals surface area contributed by atoms with Gasteiger partial charge in [-0.05, 0) is 24.5 Å². The van der Waals surface area contributed by atoms with Gasteiger partial charge in [-0.2, -0.15) is 17.4 Å². The topological polar surface area (TPSA) is 75.4 Å². The minimum absolute atomic E-state index is 0.107. The van der Waals surface area contributed by atoms with E-state index in [0.29, 0.717) is 11.5 Å². The van der Waals surface area contributed by atoms with E-state index in [1.165, 1.54) is 4.31 Å². The van der Waals surface area contributed by atoms with Crippen LogP contribution in [0.25, 0.3) is 0 Å². The molecule has 0 saturated heterocycles. The van der Waals surface area contributed by atoms with E-state index in [1.807, 2.05) is 24.3 Å². The van der Waals surface area contributed by atoms with Gasteiger partial charge < -0.3 is 5.73 Å². The lowest BCUT2D eigenvalue weighted by Gasteiger charge is -2.18. The zero-order valence-corrected chi connectivity index (χ0v) is 12.3. The molecule has 7 heteroatoms. The monoisotopic (exact) mass is 299 g/mol. The molecular formula is C12H17N3O2S2. The second-order valence-electron chi connectivity index (χ2n) is 4.72. The first-order valence-electron chi connectivity index (χ1n) is 6.01. The van der Waals surface area contributed by atoms with Crippen LogP contribution < -0.4 is 10.5 Å². The Bertz CT molecular complexity index is 582. The molecule has 1 aliphatic rings. The fraction of sp³-hybridized carbons (Fsp3) is 0.417. The Morgan fingerprint density at radius 1 is 1.53 bits per heavy atom. The molecule has 0 amide bonds. The van der Waals surface area contributed by atoms with E-state index in [9.17, 15) is 8.42 Å². The summed E-state index contributed by atoms with van der Waals surface area (Å²) in [5, 5.41) is 0. The Morgan fingerprint density at radius 2 is 2.21 bits per heavy atom. The quantitative estimate of drug-likeness (QED) is 0.760. The molecule has 0 heterocycles. The summed E-state index contributed by atoms with van der Waals surface area (Å²) in [6.45, 7) is 0.290. The van der Waals surface area contributed by atoms with E-state index >= 15 is 0 Å². The van der Waals surface area contributed by atoms with Crippen molar-refractivity contribution in [1.29, 1.82) is 0 Å². The van der Waals surface area contributed by atoms with Crippen LogP contribution in [-0.4, -0.2) is 30.8 Å². The molecule has 0 unspecified atom stereocenters. The molecule has 1 aliphatic carbocycles. The second kappa shape index (κ2) is 5.54. The number of hydrogen-bond donors (Lipinski definition) is 2. The fourth-order valence-electron chi connectivity index (χ4n) is 1.67. The van der Waals surface area contributed by atoms with Crippen molar-refractivity contribution < 1.29 is 8.42 Å². The van der Waals surface area contributed by atoms with Crippen LogP contribution in [0, 0.1) is 0 Å². The molecule has 1 aromatic carbocycles. The van der Waals surface area contributed by atoms with Crippen LogP contribution in [-0.2, 0) is 16.8 Å². The van der Waals surface area contributed by atoms with Crippen molar-refractivity contribution in [3.63, 3.8) is 0 Å². The SMILES string of the molecule is CN(Cc1cccc(C(N)=S)c1)S(=O)(=O)NC1CC1. The molecule has 1 fully saturated rings. The average molecular weight is 299 g/mol. The molecule has 0 bridgehead atoms. The normalized spacial score (nSPS) is 15.7. The lowest BCUT2D eigenvalue weighted by molar-refractivity contribution is 0.454. The highest BCUT2D eigenvalue weighted by atomic mass is 32.2. The smallest absolute Gasteiger partial charge is 0.279 e. The van der Waals surface area contributed by atoms with Gasteiger partial charge >= 0.3 is 0 Å². The van der Waals surface area contributed by atoms with Crippen molar-refractivity contribution in [2.24, 2.45) is 5.73 Å². The van der Waals surface area contributed by atoms with E-state index in [2.05, 4.69) is 4.72 Å². The van der Waals surface area contributed by atoms with E-state index in [1.54, 1.807) is 7.05 Å². The maximum Gasteiger partial charge on any atom is 0.279 e. The van der Waals surface area contributed by atoms with Crippen LogP contribution in [0.3, 0.4) is 0 Å². The summed E-state index contributed by atoms with van der Waals surface area (Å²) in [6.07, 6.45) is 1.84. The van der Waals surface area contributed by atoms with E-state index in [-0.39, 0.29) is 6.04 Å². The molecule has 19 heavy (non-hydrogen) atoms. The summed E-state index contributed by atoms with van der Waals surface area (Å²) >= 11 is 4.91. The van der Waals surface area contributed by atoms with Crippen molar-refractivity contribution in [2.75, 3.05) is 7.05 Å². The third-order valence-corrected chi connectivity index (χ3v) is 4.74.